The summed E-state index contributed by atoms with van der Waals surface area (Å²) in [5.41, 5.74) is 2.09. The first-order chi connectivity index (χ1) is 15.5. The molecule has 0 saturated heterocycles. The molecule has 8 heteroatoms. The van der Waals surface area contributed by atoms with Gasteiger partial charge in [0.2, 0.25) is 0 Å². The van der Waals surface area contributed by atoms with Crippen LogP contribution in [0.25, 0.3) is 0 Å². The molecule has 0 unspecified atom stereocenters. The zero-order valence-electron chi connectivity index (χ0n) is 18.1. The van der Waals surface area contributed by atoms with Gasteiger partial charge in [0.15, 0.2) is 0 Å². The fourth-order valence-electron chi connectivity index (χ4n) is 3.73. The second-order valence-electron chi connectivity index (χ2n) is 7.20. The molecule has 0 saturated carbocycles. The molecule has 7 nitrogen and oxygen atoms in total. The van der Waals surface area contributed by atoms with E-state index in [0.29, 0.717) is 34.9 Å². The van der Waals surface area contributed by atoms with Gasteiger partial charge < -0.3 is 14.2 Å². The summed E-state index contributed by atoms with van der Waals surface area (Å²) in [5, 5.41) is 4.58. The number of ether oxygens (including phenoxy) is 3. The highest BCUT2D eigenvalue weighted by Gasteiger charge is 2.38. The summed E-state index contributed by atoms with van der Waals surface area (Å²) < 4.78 is 44.6. The number of hydrazone groups is 1. The average molecular weight is 453 g/mol. The molecule has 0 spiro atoms. The lowest BCUT2D eigenvalue weighted by atomic mass is 9.98. The molecule has 1 heterocycles. The fourth-order valence-corrected chi connectivity index (χ4v) is 5.18. The summed E-state index contributed by atoms with van der Waals surface area (Å²) in [6, 6.07) is 20.5. The molecule has 0 amide bonds. The summed E-state index contributed by atoms with van der Waals surface area (Å²) in [6.07, 6.45) is 0.364. The van der Waals surface area contributed by atoms with E-state index >= 15 is 0 Å². The maximum Gasteiger partial charge on any atom is 0.279 e. The minimum Gasteiger partial charge on any atom is -0.497 e. The van der Waals surface area contributed by atoms with Crippen molar-refractivity contribution in [2.45, 2.75) is 17.4 Å². The third-order valence-corrected chi connectivity index (χ3v) is 7.03. The molecule has 1 aliphatic heterocycles. The molecule has 1 aliphatic rings. The number of para-hydroxylation sites is 1. The van der Waals surface area contributed by atoms with Crippen LogP contribution in [0.1, 0.15) is 23.6 Å². The van der Waals surface area contributed by atoms with Gasteiger partial charge in [-0.1, -0.05) is 30.3 Å². The summed E-state index contributed by atoms with van der Waals surface area (Å²) in [6.45, 7) is 0. The Kier molecular flexibility index (Phi) is 6.05. The third kappa shape index (κ3) is 4.01. The van der Waals surface area contributed by atoms with Gasteiger partial charge >= 0.3 is 0 Å². The van der Waals surface area contributed by atoms with Gasteiger partial charge in [-0.05, 0) is 42.0 Å². The smallest absolute Gasteiger partial charge is 0.279 e. The van der Waals surface area contributed by atoms with Crippen molar-refractivity contribution < 1.29 is 22.6 Å². The zero-order valence-corrected chi connectivity index (χ0v) is 18.9. The number of rotatable bonds is 7. The quantitative estimate of drug-likeness (QED) is 0.536. The second kappa shape index (κ2) is 8.92. The van der Waals surface area contributed by atoms with Crippen molar-refractivity contribution in [3.63, 3.8) is 0 Å². The van der Waals surface area contributed by atoms with Gasteiger partial charge in [0.25, 0.3) is 10.0 Å². The molecule has 166 valence electrons. The van der Waals surface area contributed by atoms with Gasteiger partial charge in [-0.3, -0.25) is 0 Å². The molecule has 3 aromatic rings. The Labute approximate surface area is 187 Å². The lowest BCUT2D eigenvalue weighted by Crippen LogP contribution is -2.27. The lowest BCUT2D eigenvalue weighted by Gasteiger charge is -2.24. The highest BCUT2D eigenvalue weighted by Crippen LogP contribution is 2.40. The maximum atomic E-state index is 13.6. The van der Waals surface area contributed by atoms with Crippen molar-refractivity contribution in [1.29, 1.82) is 0 Å². The lowest BCUT2D eigenvalue weighted by molar-refractivity contribution is 0.362. The predicted molar refractivity (Wildman–Crippen MR) is 122 cm³/mol. The molecule has 0 aromatic heterocycles. The first kappa shape index (κ1) is 21.7. The Bertz CT molecular complexity index is 1220. The predicted octanol–water partition coefficient (Wildman–Crippen LogP) is 4.25. The molecule has 0 N–H and O–H groups in total. The van der Waals surface area contributed by atoms with E-state index in [4.69, 9.17) is 14.2 Å². The van der Waals surface area contributed by atoms with Gasteiger partial charge in [-0.15, -0.1) is 0 Å². The van der Waals surface area contributed by atoms with Crippen LogP contribution in [0.2, 0.25) is 0 Å². The van der Waals surface area contributed by atoms with Crippen molar-refractivity contribution in [2.24, 2.45) is 5.10 Å². The van der Waals surface area contributed by atoms with Crippen LogP contribution in [0, 0.1) is 0 Å². The fraction of sp³-hybridized carbons (Fsp3) is 0.208. The Hall–Kier alpha value is -3.52. The standard InChI is InChI=1S/C24H24N2O5S/c1-29-18-13-17(14-19(15-18)30-2)23-16-22(21-11-7-8-12-24(21)31-3)25-26(23)32(27,28)20-9-5-4-6-10-20/h4-15,23H,16H2,1-3H3/t23-/m1/s1. The van der Waals surface area contributed by atoms with Gasteiger partial charge in [0.05, 0.1) is 38.0 Å². The van der Waals surface area contributed by atoms with E-state index in [1.807, 2.05) is 24.3 Å². The molecular formula is C24H24N2O5S. The SMILES string of the molecule is COc1cc(OC)cc([C@H]2CC(c3ccccc3OC)=NN2S(=O)(=O)c2ccccc2)c1. The largest absolute Gasteiger partial charge is 0.497 e. The van der Waals surface area contributed by atoms with E-state index in [-0.39, 0.29) is 4.90 Å². The first-order valence-electron chi connectivity index (χ1n) is 10.0. The van der Waals surface area contributed by atoms with Gasteiger partial charge in [-0.2, -0.15) is 17.9 Å². The van der Waals surface area contributed by atoms with Crippen LogP contribution in [0.4, 0.5) is 0 Å². The topological polar surface area (TPSA) is 77.4 Å². The number of hydrogen-bond acceptors (Lipinski definition) is 6. The molecule has 0 radical (unpaired) electrons. The molecular weight excluding hydrogens is 428 g/mol. The van der Waals surface area contributed by atoms with Crippen LogP contribution >= 0.6 is 0 Å². The maximum absolute atomic E-state index is 13.6. The normalized spacial score (nSPS) is 15.9. The third-order valence-electron chi connectivity index (χ3n) is 5.34. The molecule has 4 rings (SSSR count). The summed E-state index contributed by atoms with van der Waals surface area (Å²) >= 11 is 0. The molecule has 0 aliphatic carbocycles. The molecule has 0 fully saturated rings. The van der Waals surface area contributed by atoms with Crippen molar-refractivity contribution >= 4 is 15.7 Å². The van der Waals surface area contributed by atoms with Crippen LogP contribution in [-0.4, -0.2) is 39.9 Å². The van der Waals surface area contributed by atoms with Crippen LogP contribution in [0.3, 0.4) is 0 Å². The van der Waals surface area contributed by atoms with Crippen LogP contribution < -0.4 is 14.2 Å². The minimum atomic E-state index is -3.91. The van der Waals surface area contributed by atoms with E-state index in [1.165, 1.54) is 4.41 Å². The van der Waals surface area contributed by atoms with Crippen molar-refractivity contribution in [2.75, 3.05) is 21.3 Å². The number of sulfonamides is 1. The Morgan fingerprint density at radius 2 is 1.47 bits per heavy atom. The Morgan fingerprint density at radius 1 is 0.844 bits per heavy atom. The molecule has 1 atom stereocenters. The first-order valence-corrected chi connectivity index (χ1v) is 11.4. The van der Waals surface area contributed by atoms with E-state index < -0.39 is 16.1 Å². The van der Waals surface area contributed by atoms with E-state index in [0.717, 1.165) is 5.56 Å². The van der Waals surface area contributed by atoms with E-state index in [1.54, 1.807) is 69.9 Å². The number of hydrogen-bond donors (Lipinski definition) is 0. The van der Waals surface area contributed by atoms with Gasteiger partial charge in [0.1, 0.15) is 17.2 Å². The van der Waals surface area contributed by atoms with Crippen LogP contribution in [-0.2, 0) is 10.0 Å². The molecule has 3 aromatic carbocycles. The van der Waals surface area contributed by atoms with E-state index in [2.05, 4.69) is 5.10 Å². The highest BCUT2D eigenvalue weighted by molar-refractivity contribution is 7.89. The van der Waals surface area contributed by atoms with Crippen LogP contribution in [0.5, 0.6) is 17.2 Å². The monoisotopic (exact) mass is 452 g/mol. The summed E-state index contributed by atoms with van der Waals surface area (Å²) in [5.74, 6) is 1.77. The number of benzene rings is 3. The van der Waals surface area contributed by atoms with Crippen molar-refractivity contribution in [1.82, 2.24) is 4.41 Å². The minimum absolute atomic E-state index is 0.171. The van der Waals surface area contributed by atoms with Crippen molar-refractivity contribution in [3.8, 4) is 17.2 Å². The highest BCUT2D eigenvalue weighted by atomic mass is 32.2. The summed E-state index contributed by atoms with van der Waals surface area (Å²) in [7, 11) is 0.784. The number of methoxy groups -OCH3 is 3. The van der Waals surface area contributed by atoms with Gasteiger partial charge in [-0.25, -0.2) is 0 Å². The zero-order chi connectivity index (χ0) is 22.7. The van der Waals surface area contributed by atoms with Crippen molar-refractivity contribution in [3.05, 3.63) is 83.9 Å². The molecule has 32 heavy (non-hydrogen) atoms. The van der Waals surface area contributed by atoms with E-state index in [9.17, 15) is 8.42 Å². The van der Waals surface area contributed by atoms with Gasteiger partial charge in [0, 0.05) is 18.1 Å². The molecule has 0 bridgehead atoms. The average Bonchev–Trinajstić information content (AvgIpc) is 3.30. The second-order valence-corrected chi connectivity index (χ2v) is 9.00. The summed E-state index contributed by atoms with van der Waals surface area (Å²) in [4.78, 5) is 0.171. The number of nitrogens with zero attached hydrogens (tertiary/aromatic N) is 2. The Morgan fingerprint density at radius 3 is 2.09 bits per heavy atom. The van der Waals surface area contributed by atoms with Crippen LogP contribution in [0.15, 0.2) is 82.8 Å². The Balaban J connectivity index is 1.86.